The van der Waals surface area contributed by atoms with Crippen molar-refractivity contribution >= 4 is 36.3 Å². The lowest BCUT2D eigenvalue weighted by molar-refractivity contribution is -0.641. The summed E-state index contributed by atoms with van der Waals surface area (Å²) in [4.78, 5) is 24.6. The summed E-state index contributed by atoms with van der Waals surface area (Å²) in [5.41, 5.74) is 1.53. The number of para-hydroxylation sites is 1. The van der Waals surface area contributed by atoms with Gasteiger partial charge in [0.05, 0.1) is 11.2 Å². The molecule has 2 aromatic rings. The zero-order valence-corrected chi connectivity index (χ0v) is 31.1. The molecule has 3 heterocycles. The molecule has 274 valence electrons. The fourth-order valence-corrected chi connectivity index (χ4v) is 9.04. The Bertz CT molecular complexity index is 2000. The van der Waals surface area contributed by atoms with E-state index in [2.05, 4.69) is 6.92 Å². The van der Waals surface area contributed by atoms with E-state index in [0.717, 1.165) is 38.2 Å². The van der Waals surface area contributed by atoms with Crippen LogP contribution >= 0.6 is 0 Å². The first-order valence-electron chi connectivity index (χ1n) is 18.4. The SMILES string of the molecule is CCC1CC2CCCC(C2)C12OOC2(OC)c1cc(B2OC(C)(C)C(C)(C)O2)c(/C=C/C(=O)O)cc1/C=C/C1=CC(=C(C#N)C#N)c2ccccc2O1. The third-order valence-corrected chi connectivity index (χ3v) is 12.3. The average Bonchev–Trinajstić information content (AvgIpc) is 3.35. The molecule has 10 nitrogen and oxygen atoms in total. The summed E-state index contributed by atoms with van der Waals surface area (Å²) in [7, 11) is 0.825. The molecule has 1 N–H and O–H groups in total. The van der Waals surface area contributed by atoms with Crippen molar-refractivity contribution in [3.63, 3.8) is 0 Å². The molecule has 0 aromatic heterocycles. The Balaban J connectivity index is 1.44. The van der Waals surface area contributed by atoms with E-state index in [9.17, 15) is 20.4 Å². The lowest BCUT2D eigenvalue weighted by Gasteiger charge is -2.65. The molecule has 53 heavy (non-hydrogen) atoms. The van der Waals surface area contributed by atoms with Crippen LogP contribution in [-0.4, -0.2) is 42.1 Å². The maximum atomic E-state index is 11.9. The Kier molecular flexibility index (Phi) is 9.55. The molecule has 0 amide bonds. The van der Waals surface area contributed by atoms with Gasteiger partial charge in [-0.05, 0) is 112 Å². The van der Waals surface area contributed by atoms with E-state index in [1.807, 2.05) is 76.2 Å². The van der Waals surface area contributed by atoms with Gasteiger partial charge in [0, 0.05) is 29.9 Å². The standard InChI is InChI=1S/C42H45BN2O8/c1-7-30-19-26-11-10-12-31(20-26)41(30)42(48-6,53-52-41)35-23-36(43-50-39(2,3)40(4,5)51-43)28(16-18-38(46)47)21-27(35)15-17-32-22-34(29(24-44)25-45)33-13-8-9-14-37(33)49-32/h8-9,13-18,21-23,26,30-31H,7,10-12,19-20H2,1-6H3,(H,46,47)/b17-15+,18-16+. The molecule has 2 aliphatic carbocycles. The number of hydrogen-bond donors (Lipinski definition) is 1. The Hall–Kier alpha value is -4.49. The fourth-order valence-electron chi connectivity index (χ4n) is 9.04. The van der Waals surface area contributed by atoms with Crippen LogP contribution in [0.4, 0.5) is 0 Å². The lowest BCUT2D eigenvalue weighted by Crippen LogP contribution is -2.74. The Morgan fingerprint density at radius 3 is 2.38 bits per heavy atom. The number of rotatable bonds is 8. The molecule has 2 saturated heterocycles. The number of aliphatic carboxylic acids is 1. The number of carboxylic acid groups (broad SMARTS) is 1. The van der Waals surface area contributed by atoms with Gasteiger partial charge in [-0.2, -0.15) is 15.4 Å². The Morgan fingerprint density at radius 2 is 1.74 bits per heavy atom. The zero-order valence-electron chi connectivity index (χ0n) is 31.1. The average molecular weight is 717 g/mol. The van der Waals surface area contributed by atoms with Crippen LogP contribution in [0.2, 0.25) is 0 Å². The second kappa shape index (κ2) is 13.7. The first kappa shape index (κ1) is 36.9. The van der Waals surface area contributed by atoms with Crippen molar-refractivity contribution in [2.75, 3.05) is 7.11 Å². The predicted octanol–water partition coefficient (Wildman–Crippen LogP) is 7.61. The number of ether oxygens (including phenoxy) is 2. The van der Waals surface area contributed by atoms with Crippen LogP contribution in [0.3, 0.4) is 0 Å². The van der Waals surface area contributed by atoms with Gasteiger partial charge in [-0.25, -0.2) is 9.68 Å². The number of nitriles is 2. The molecular weight excluding hydrogens is 671 g/mol. The second-order valence-corrected chi connectivity index (χ2v) is 15.7. The summed E-state index contributed by atoms with van der Waals surface area (Å²) in [5, 5.41) is 29.3. The third kappa shape index (κ3) is 5.96. The van der Waals surface area contributed by atoms with Gasteiger partial charge in [-0.15, -0.1) is 0 Å². The van der Waals surface area contributed by atoms with E-state index in [0.29, 0.717) is 50.7 Å². The maximum Gasteiger partial charge on any atom is 0.495 e. The topological polar surface area (TPSA) is 140 Å². The highest BCUT2D eigenvalue weighted by Gasteiger charge is 2.74. The number of fused-ring (bicyclic) bond motifs is 4. The number of allylic oxidation sites excluding steroid dienone is 4. The van der Waals surface area contributed by atoms with Gasteiger partial charge in [0.2, 0.25) is 0 Å². The van der Waals surface area contributed by atoms with Crippen molar-refractivity contribution in [3.05, 3.63) is 88.2 Å². The van der Waals surface area contributed by atoms with Gasteiger partial charge >= 0.3 is 13.1 Å². The zero-order chi connectivity index (χ0) is 37.8. The van der Waals surface area contributed by atoms with Crippen LogP contribution in [0.25, 0.3) is 17.7 Å². The van der Waals surface area contributed by atoms with Gasteiger partial charge < -0.3 is 23.9 Å². The van der Waals surface area contributed by atoms with Crippen LogP contribution < -0.4 is 10.2 Å². The van der Waals surface area contributed by atoms with Crippen molar-refractivity contribution < 1.29 is 38.5 Å². The molecule has 5 aliphatic rings. The molecule has 2 aromatic carbocycles. The summed E-state index contributed by atoms with van der Waals surface area (Å²) in [6.45, 7) is 10.1. The number of methoxy groups -OCH3 is 1. The van der Waals surface area contributed by atoms with Gasteiger partial charge in [-0.1, -0.05) is 56.5 Å². The Labute approximate surface area is 311 Å². The highest BCUT2D eigenvalue weighted by molar-refractivity contribution is 6.63. The van der Waals surface area contributed by atoms with Crippen molar-refractivity contribution in [2.45, 2.75) is 95.7 Å². The molecular formula is C42H45BN2O8. The number of carboxylic acids is 1. The van der Waals surface area contributed by atoms with Crippen molar-refractivity contribution in [1.29, 1.82) is 10.5 Å². The first-order valence-corrected chi connectivity index (χ1v) is 18.4. The molecule has 5 unspecified atom stereocenters. The molecule has 1 spiro atoms. The van der Waals surface area contributed by atoms with E-state index in [-0.39, 0.29) is 17.4 Å². The van der Waals surface area contributed by atoms with Gasteiger partial charge in [0.15, 0.2) is 5.60 Å². The fraction of sp³-hybridized carbons (Fsp3) is 0.452. The minimum Gasteiger partial charge on any atom is -0.478 e. The molecule has 0 radical (unpaired) electrons. The monoisotopic (exact) mass is 716 g/mol. The van der Waals surface area contributed by atoms with E-state index < -0.39 is 35.7 Å². The van der Waals surface area contributed by atoms with E-state index in [4.69, 9.17) is 28.6 Å². The largest absolute Gasteiger partial charge is 0.495 e. The highest BCUT2D eigenvalue weighted by atomic mass is 17.3. The van der Waals surface area contributed by atoms with Crippen LogP contribution in [-0.2, 0) is 34.4 Å². The summed E-state index contributed by atoms with van der Waals surface area (Å²) in [6, 6.07) is 15.1. The van der Waals surface area contributed by atoms with E-state index in [1.165, 1.54) is 12.5 Å². The quantitative estimate of drug-likeness (QED) is 0.126. The van der Waals surface area contributed by atoms with Crippen LogP contribution in [0.1, 0.15) is 95.4 Å². The molecule has 2 saturated carbocycles. The van der Waals surface area contributed by atoms with E-state index in [1.54, 1.807) is 25.3 Å². The number of nitrogens with zero attached hydrogens (tertiary/aromatic N) is 2. The molecule has 4 fully saturated rings. The van der Waals surface area contributed by atoms with Crippen LogP contribution in [0.5, 0.6) is 5.75 Å². The maximum absolute atomic E-state index is 11.9. The molecule has 2 bridgehead atoms. The van der Waals surface area contributed by atoms with Gasteiger partial charge in [0.1, 0.15) is 29.2 Å². The second-order valence-electron chi connectivity index (χ2n) is 15.7. The number of benzene rings is 2. The normalized spacial score (nSPS) is 29.6. The van der Waals surface area contributed by atoms with Crippen molar-refractivity contribution in [3.8, 4) is 17.9 Å². The van der Waals surface area contributed by atoms with Gasteiger partial charge in [0.25, 0.3) is 5.79 Å². The first-order chi connectivity index (χ1) is 25.3. The van der Waals surface area contributed by atoms with Crippen molar-refractivity contribution in [1.82, 2.24) is 0 Å². The summed E-state index contributed by atoms with van der Waals surface area (Å²) in [5.74, 6) is -0.526. The summed E-state index contributed by atoms with van der Waals surface area (Å²) in [6.07, 6.45) is 14.2. The molecule has 11 heteroatoms. The number of hydrogen-bond acceptors (Lipinski definition) is 9. The Morgan fingerprint density at radius 1 is 1.00 bits per heavy atom. The number of carbonyl (C=O) groups is 1. The van der Waals surface area contributed by atoms with E-state index >= 15 is 0 Å². The van der Waals surface area contributed by atoms with Crippen LogP contribution in [0.15, 0.2) is 66.0 Å². The van der Waals surface area contributed by atoms with Crippen LogP contribution in [0, 0.1) is 40.4 Å². The highest BCUT2D eigenvalue weighted by Crippen LogP contribution is 2.65. The molecule has 5 atom stereocenters. The summed E-state index contributed by atoms with van der Waals surface area (Å²) >= 11 is 0. The minimum absolute atomic E-state index is 0.0332. The molecule has 3 aliphatic heterocycles. The minimum atomic E-state index is -1.32. The summed E-state index contributed by atoms with van der Waals surface area (Å²) < 4.78 is 26.0. The smallest absolute Gasteiger partial charge is 0.478 e. The van der Waals surface area contributed by atoms with Gasteiger partial charge in [-0.3, -0.25) is 0 Å². The van der Waals surface area contributed by atoms with Crippen molar-refractivity contribution in [2.24, 2.45) is 17.8 Å². The predicted molar refractivity (Wildman–Crippen MR) is 199 cm³/mol. The lowest BCUT2D eigenvalue weighted by atomic mass is 9.54. The molecule has 7 rings (SSSR count). The third-order valence-electron chi connectivity index (χ3n) is 12.3.